The van der Waals surface area contributed by atoms with Gasteiger partial charge in [0.25, 0.3) is 0 Å². The molecule has 0 unspecified atom stereocenters. The highest BCUT2D eigenvalue weighted by Crippen LogP contribution is 2.36. The molecule has 1 aromatic heterocycles. The van der Waals surface area contributed by atoms with E-state index in [1.807, 2.05) is 18.2 Å². The minimum Gasteiger partial charge on any atom is -0.493 e. The van der Waals surface area contributed by atoms with Crippen LogP contribution in [0.4, 0.5) is 4.39 Å². The lowest BCUT2D eigenvalue weighted by Gasteiger charge is -2.33. The standard InChI is InChI=1S/C22H28FN3O2/c23-18-4-3-5-19(14-18)28-13-11-21(27)26-22(20-6-1-2-12-25-20)17-9-7-16(15-24)8-10-17/h1-6,12,14,16-17,22H,7-11,13,15,24H2,(H,26,27)/t16?,17?,22-/m0/s1. The average Bonchev–Trinajstić information content (AvgIpc) is 2.73. The topological polar surface area (TPSA) is 77.2 Å². The first-order chi connectivity index (χ1) is 13.7. The van der Waals surface area contributed by atoms with Crippen LogP contribution in [0, 0.1) is 17.7 Å². The Labute approximate surface area is 165 Å². The van der Waals surface area contributed by atoms with Gasteiger partial charge in [0.15, 0.2) is 0 Å². The summed E-state index contributed by atoms with van der Waals surface area (Å²) in [7, 11) is 0. The molecule has 1 aliphatic carbocycles. The lowest BCUT2D eigenvalue weighted by molar-refractivity contribution is -0.122. The molecule has 5 nitrogen and oxygen atoms in total. The molecule has 1 saturated carbocycles. The monoisotopic (exact) mass is 385 g/mol. The van der Waals surface area contributed by atoms with Gasteiger partial charge in [-0.25, -0.2) is 4.39 Å². The fourth-order valence-electron chi connectivity index (χ4n) is 3.81. The second kappa shape index (κ2) is 10.2. The predicted octanol–water partition coefficient (Wildman–Crippen LogP) is 3.61. The van der Waals surface area contributed by atoms with E-state index in [1.54, 1.807) is 18.3 Å². The van der Waals surface area contributed by atoms with Crippen molar-refractivity contribution in [1.29, 1.82) is 0 Å². The number of nitrogens with zero attached hydrogens (tertiary/aromatic N) is 1. The normalized spacial score (nSPS) is 20.4. The molecule has 1 heterocycles. The van der Waals surface area contributed by atoms with Crippen molar-refractivity contribution in [1.82, 2.24) is 10.3 Å². The number of nitrogens with two attached hydrogens (primary N) is 1. The first-order valence-corrected chi connectivity index (χ1v) is 9.94. The van der Waals surface area contributed by atoms with Gasteiger partial charge >= 0.3 is 0 Å². The zero-order chi connectivity index (χ0) is 19.8. The quantitative estimate of drug-likeness (QED) is 0.728. The van der Waals surface area contributed by atoms with Crippen molar-refractivity contribution in [2.45, 2.75) is 38.1 Å². The Morgan fingerprint density at radius 1 is 1.21 bits per heavy atom. The molecule has 1 atom stereocenters. The average molecular weight is 385 g/mol. The maximum Gasteiger partial charge on any atom is 0.223 e. The van der Waals surface area contributed by atoms with E-state index in [0.717, 1.165) is 37.9 Å². The third-order valence-electron chi connectivity index (χ3n) is 5.41. The fraction of sp³-hybridized carbons (Fsp3) is 0.455. The van der Waals surface area contributed by atoms with Gasteiger partial charge in [-0.15, -0.1) is 0 Å². The number of hydrogen-bond acceptors (Lipinski definition) is 4. The van der Waals surface area contributed by atoms with Crippen LogP contribution >= 0.6 is 0 Å². The number of amides is 1. The highest BCUT2D eigenvalue weighted by atomic mass is 19.1. The summed E-state index contributed by atoms with van der Waals surface area (Å²) in [4.78, 5) is 17.0. The summed E-state index contributed by atoms with van der Waals surface area (Å²) in [5.74, 6) is 0.911. The SMILES string of the molecule is NCC1CCC([C@H](NC(=O)CCOc2cccc(F)c2)c2ccccn2)CC1. The molecule has 0 bridgehead atoms. The number of pyridine rings is 1. The number of hydrogen-bond donors (Lipinski definition) is 2. The minimum absolute atomic E-state index is 0.0898. The predicted molar refractivity (Wildman–Crippen MR) is 106 cm³/mol. The molecule has 1 amide bonds. The molecule has 1 aliphatic rings. The van der Waals surface area contributed by atoms with E-state index in [0.29, 0.717) is 17.6 Å². The molecule has 3 N–H and O–H groups in total. The van der Waals surface area contributed by atoms with E-state index >= 15 is 0 Å². The lowest BCUT2D eigenvalue weighted by Crippen LogP contribution is -2.36. The van der Waals surface area contributed by atoms with E-state index in [1.165, 1.54) is 12.1 Å². The van der Waals surface area contributed by atoms with Crippen molar-refractivity contribution in [3.8, 4) is 5.75 Å². The highest BCUT2D eigenvalue weighted by molar-refractivity contribution is 5.76. The van der Waals surface area contributed by atoms with Gasteiger partial charge in [-0.05, 0) is 68.3 Å². The number of aromatic nitrogens is 1. The number of ether oxygens (including phenoxy) is 1. The van der Waals surface area contributed by atoms with Gasteiger partial charge in [0, 0.05) is 12.3 Å². The highest BCUT2D eigenvalue weighted by Gasteiger charge is 2.30. The number of nitrogens with one attached hydrogen (secondary N) is 1. The molecule has 0 spiro atoms. The Hall–Kier alpha value is -2.47. The van der Waals surface area contributed by atoms with Crippen LogP contribution in [0.3, 0.4) is 0 Å². The maximum absolute atomic E-state index is 13.2. The fourth-order valence-corrected chi connectivity index (χ4v) is 3.81. The smallest absolute Gasteiger partial charge is 0.223 e. The molecule has 0 saturated heterocycles. The van der Waals surface area contributed by atoms with Crippen molar-refractivity contribution >= 4 is 5.91 Å². The molecule has 3 rings (SSSR count). The van der Waals surface area contributed by atoms with Crippen LogP contribution in [0.5, 0.6) is 5.75 Å². The third kappa shape index (κ3) is 5.76. The van der Waals surface area contributed by atoms with Crippen molar-refractivity contribution in [3.05, 3.63) is 60.2 Å². The molecule has 1 fully saturated rings. The Bertz CT molecular complexity index is 748. The Kier molecular flexibility index (Phi) is 7.37. The van der Waals surface area contributed by atoms with Gasteiger partial charge in [0.1, 0.15) is 11.6 Å². The third-order valence-corrected chi connectivity index (χ3v) is 5.41. The van der Waals surface area contributed by atoms with Crippen molar-refractivity contribution in [3.63, 3.8) is 0 Å². The zero-order valence-electron chi connectivity index (χ0n) is 16.0. The van der Waals surface area contributed by atoms with Gasteiger partial charge < -0.3 is 15.8 Å². The number of benzene rings is 1. The van der Waals surface area contributed by atoms with Gasteiger partial charge in [-0.2, -0.15) is 0 Å². The number of carbonyl (C=O) groups excluding carboxylic acids is 1. The van der Waals surface area contributed by atoms with Crippen LogP contribution in [0.25, 0.3) is 0 Å². The summed E-state index contributed by atoms with van der Waals surface area (Å²) in [6, 6.07) is 11.6. The molecule has 150 valence electrons. The number of carbonyl (C=O) groups is 1. The summed E-state index contributed by atoms with van der Waals surface area (Å²) >= 11 is 0. The largest absolute Gasteiger partial charge is 0.493 e. The molecular formula is C22H28FN3O2. The van der Waals surface area contributed by atoms with Gasteiger partial charge in [0.2, 0.25) is 5.91 Å². The minimum atomic E-state index is -0.356. The van der Waals surface area contributed by atoms with Crippen LogP contribution < -0.4 is 15.8 Å². The van der Waals surface area contributed by atoms with E-state index in [4.69, 9.17) is 10.5 Å². The summed E-state index contributed by atoms with van der Waals surface area (Å²) in [5.41, 5.74) is 6.70. The molecular weight excluding hydrogens is 357 g/mol. The van der Waals surface area contributed by atoms with E-state index in [2.05, 4.69) is 10.3 Å². The molecule has 2 aromatic rings. The van der Waals surface area contributed by atoms with Crippen LogP contribution in [-0.2, 0) is 4.79 Å². The molecule has 28 heavy (non-hydrogen) atoms. The van der Waals surface area contributed by atoms with Crippen LogP contribution in [0.2, 0.25) is 0 Å². The zero-order valence-corrected chi connectivity index (χ0v) is 16.0. The van der Waals surface area contributed by atoms with Crippen LogP contribution in [0.15, 0.2) is 48.7 Å². The summed E-state index contributed by atoms with van der Waals surface area (Å²) in [6.07, 6.45) is 6.20. The Morgan fingerprint density at radius 2 is 2.04 bits per heavy atom. The van der Waals surface area contributed by atoms with E-state index < -0.39 is 0 Å². The molecule has 0 radical (unpaired) electrons. The summed E-state index contributed by atoms with van der Waals surface area (Å²) in [5, 5.41) is 3.15. The van der Waals surface area contributed by atoms with Gasteiger partial charge in [0.05, 0.1) is 24.8 Å². The Morgan fingerprint density at radius 3 is 2.71 bits per heavy atom. The maximum atomic E-state index is 13.2. The molecule has 1 aromatic carbocycles. The molecule has 6 heteroatoms. The van der Waals surface area contributed by atoms with Crippen molar-refractivity contribution in [2.24, 2.45) is 17.6 Å². The number of halogens is 1. The first kappa shape index (κ1) is 20.3. The first-order valence-electron chi connectivity index (χ1n) is 9.94. The summed E-state index contributed by atoms with van der Waals surface area (Å²) in [6.45, 7) is 0.925. The van der Waals surface area contributed by atoms with Gasteiger partial charge in [-0.3, -0.25) is 9.78 Å². The van der Waals surface area contributed by atoms with Crippen LogP contribution in [-0.4, -0.2) is 24.0 Å². The second-order valence-corrected chi connectivity index (χ2v) is 7.37. The van der Waals surface area contributed by atoms with Crippen molar-refractivity contribution in [2.75, 3.05) is 13.2 Å². The van der Waals surface area contributed by atoms with Gasteiger partial charge in [-0.1, -0.05) is 12.1 Å². The lowest BCUT2D eigenvalue weighted by atomic mass is 9.77. The number of rotatable bonds is 8. The molecule has 0 aliphatic heterocycles. The van der Waals surface area contributed by atoms with Crippen LogP contribution in [0.1, 0.15) is 43.8 Å². The Balaban J connectivity index is 1.57. The van der Waals surface area contributed by atoms with E-state index in [-0.39, 0.29) is 30.8 Å². The van der Waals surface area contributed by atoms with Crippen molar-refractivity contribution < 1.29 is 13.9 Å². The summed E-state index contributed by atoms with van der Waals surface area (Å²) < 4.78 is 18.7. The second-order valence-electron chi connectivity index (χ2n) is 7.37. The van der Waals surface area contributed by atoms with E-state index in [9.17, 15) is 9.18 Å².